The molecule has 0 aromatic heterocycles. The lowest BCUT2D eigenvalue weighted by Crippen LogP contribution is -2.54. The Bertz CT molecular complexity index is 297. The van der Waals surface area contributed by atoms with Gasteiger partial charge in [0.25, 0.3) is 27.9 Å². The summed E-state index contributed by atoms with van der Waals surface area (Å²) in [5, 5.41) is 0. The van der Waals surface area contributed by atoms with Crippen LogP contribution in [-0.2, 0) is 29.7 Å². The first-order valence-corrected chi connectivity index (χ1v) is 17.8. The zero-order valence-electron chi connectivity index (χ0n) is 14.0. The molecular weight excluding hydrogens is 361 g/mol. The van der Waals surface area contributed by atoms with Gasteiger partial charge in [0.05, 0.1) is 0 Å². The van der Waals surface area contributed by atoms with Crippen LogP contribution in [0.3, 0.4) is 0 Å². The molecule has 1 saturated heterocycles. The van der Waals surface area contributed by atoms with Gasteiger partial charge in [-0.25, -0.2) is 0 Å². The van der Waals surface area contributed by atoms with E-state index in [4.69, 9.17) is 29.7 Å². The standard InChI is InChI=1S/C9H28O7Si5/c1-10-21(11-2,12-3)9-8-20(7)15-18(5)13-17(4)14-19(6)16-20/h17-19H,8-9H2,1-7H3. The predicted molar refractivity (Wildman–Crippen MR) is 91.4 cm³/mol. The van der Waals surface area contributed by atoms with E-state index in [1.54, 1.807) is 21.3 Å². The van der Waals surface area contributed by atoms with Crippen molar-refractivity contribution in [2.45, 2.75) is 38.3 Å². The van der Waals surface area contributed by atoms with Crippen LogP contribution in [0.15, 0.2) is 0 Å². The summed E-state index contributed by atoms with van der Waals surface area (Å²) in [6, 6.07) is 1.43. The molecule has 0 aromatic rings. The summed E-state index contributed by atoms with van der Waals surface area (Å²) in [5.74, 6) is 0. The molecule has 0 amide bonds. The van der Waals surface area contributed by atoms with Crippen molar-refractivity contribution in [3.63, 3.8) is 0 Å². The van der Waals surface area contributed by atoms with E-state index in [9.17, 15) is 0 Å². The van der Waals surface area contributed by atoms with E-state index >= 15 is 0 Å². The number of hydrogen-bond acceptors (Lipinski definition) is 7. The summed E-state index contributed by atoms with van der Waals surface area (Å²) in [4.78, 5) is 0. The van der Waals surface area contributed by atoms with Gasteiger partial charge in [0.1, 0.15) is 0 Å². The third-order valence-electron chi connectivity index (χ3n) is 3.42. The van der Waals surface area contributed by atoms with Gasteiger partial charge in [-0.1, -0.05) is 0 Å². The fourth-order valence-corrected chi connectivity index (χ4v) is 20.4. The summed E-state index contributed by atoms with van der Waals surface area (Å²) >= 11 is 0. The van der Waals surface area contributed by atoms with Crippen LogP contribution in [0.5, 0.6) is 0 Å². The Labute approximate surface area is 134 Å². The maximum atomic E-state index is 6.23. The molecule has 2 unspecified atom stereocenters. The molecule has 1 aliphatic rings. The third kappa shape index (κ3) is 6.07. The molecule has 0 aromatic carbocycles. The minimum Gasteiger partial charge on any atom is -0.420 e. The van der Waals surface area contributed by atoms with Crippen LogP contribution in [-0.4, -0.2) is 66.5 Å². The van der Waals surface area contributed by atoms with Gasteiger partial charge < -0.3 is 29.7 Å². The molecule has 0 radical (unpaired) electrons. The molecule has 2 atom stereocenters. The minimum absolute atomic E-state index is 0.675. The SMILES string of the molecule is CO[Si](CC[Si]1(C)O[SiH](C)O[SiH](C)O[SiH](C)O1)(OC)OC. The predicted octanol–water partition coefficient (Wildman–Crippen LogP) is 0.567. The van der Waals surface area contributed by atoms with E-state index < -0.39 is 45.2 Å². The van der Waals surface area contributed by atoms with Crippen molar-refractivity contribution in [3.8, 4) is 0 Å². The molecule has 1 heterocycles. The largest absolute Gasteiger partial charge is 0.500 e. The molecule has 21 heavy (non-hydrogen) atoms. The number of rotatable bonds is 6. The Morgan fingerprint density at radius 1 is 0.857 bits per heavy atom. The van der Waals surface area contributed by atoms with Crippen LogP contribution < -0.4 is 0 Å². The maximum absolute atomic E-state index is 6.23. The van der Waals surface area contributed by atoms with E-state index in [-0.39, 0.29) is 0 Å². The first kappa shape index (κ1) is 19.9. The van der Waals surface area contributed by atoms with Gasteiger partial charge >= 0.3 is 17.4 Å². The second kappa shape index (κ2) is 8.60. The fraction of sp³-hybridized carbons (Fsp3) is 1.00. The summed E-state index contributed by atoms with van der Waals surface area (Å²) in [6.07, 6.45) is 0. The van der Waals surface area contributed by atoms with Crippen molar-refractivity contribution in [3.05, 3.63) is 0 Å². The van der Waals surface area contributed by atoms with Crippen molar-refractivity contribution in [1.82, 2.24) is 0 Å². The Balaban J connectivity index is 2.73. The second-order valence-electron chi connectivity index (χ2n) is 5.14. The summed E-state index contributed by atoms with van der Waals surface area (Å²) < 4.78 is 40.7. The second-order valence-corrected chi connectivity index (χ2v) is 18.5. The molecule has 1 fully saturated rings. The summed E-state index contributed by atoms with van der Waals surface area (Å²) in [6.45, 7) is 8.17. The van der Waals surface area contributed by atoms with Gasteiger partial charge in [-0.2, -0.15) is 0 Å². The van der Waals surface area contributed by atoms with Crippen LogP contribution in [0.4, 0.5) is 0 Å². The van der Waals surface area contributed by atoms with Gasteiger partial charge in [-0.15, -0.1) is 0 Å². The van der Waals surface area contributed by atoms with E-state index in [1.165, 1.54) is 0 Å². The van der Waals surface area contributed by atoms with Gasteiger partial charge in [0, 0.05) is 27.4 Å². The lowest BCUT2D eigenvalue weighted by atomic mass is 10.9. The molecule has 1 aliphatic heterocycles. The Morgan fingerprint density at radius 3 is 1.67 bits per heavy atom. The first-order valence-electron chi connectivity index (χ1n) is 7.10. The fourth-order valence-electron chi connectivity index (χ4n) is 2.41. The third-order valence-corrected chi connectivity index (χ3v) is 20.6. The highest BCUT2D eigenvalue weighted by Crippen LogP contribution is 2.26. The Kier molecular flexibility index (Phi) is 8.13. The van der Waals surface area contributed by atoms with Crippen LogP contribution in [0.25, 0.3) is 0 Å². The molecule has 126 valence electrons. The molecule has 1 rings (SSSR count). The highest BCUT2D eigenvalue weighted by atomic mass is 28.5. The Morgan fingerprint density at radius 2 is 1.29 bits per heavy atom. The molecule has 0 aliphatic carbocycles. The highest BCUT2D eigenvalue weighted by Gasteiger charge is 2.45. The van der Waals surface area contributed by atoms with Crippen molar-refractivity contribution in [1.29, 1.82) is 0 Å². The molecule has 0 saturated carbocycles. The molecule has 12 heteroatoms. The quantitative estimate of drug-likeness (QED) is 0.616. The lowest BCUT2D eigenvalue weighted by Gasteiger charge is -2.38. The van der Waals surface area contributed by atoms with Gasteiger partial charge in [0.2, 0.25) is 0 Å². The summed E-state index contributed by atoms with van der Waals surface area (Å²) in [7, 11) is -5.07. The van der Waals surface area contributed by atoms with E-state index in [1.807, 2.05) is 19.6 Å². The van der Waals surface area contributed by atoms with E-state index in [0.717, 1.165) is 6.04 Å². The maximum Gasteiger partial charge on any atom is 0.500 e. The van der Waals surface area contributed by atoms with Crippen molar-refractivity contribution in [2.24, 2.45) is 0 Å². The van der Waals surface area contributed by atoms with Crippen LogP contribution in [0.1, 0.15) is 0 Å². The van der Waals surface area contributed by atoms with Crippen molar-refractivity contribution >= 4 is 45.2 Å². The van der Waals surface area contributed by atoms with E-state index in [2.05, 4.69) is 6.55 Å². The zero-order valence-corrected chi connectivity index (χ0v) is 19.5. The normalized spacial score (nSPS) is 35.3. The lowest BCUT2D eigenvalue weighted by molar-refractivity contribution is 0.124. The van der Waals surface area contributed by atoms with Gasteiger partial charge in [-0.05, 0) is 32.2 Å². The van der Waals surface area contributed by atoms with Gasteiger partial charge in [0.15, 0.2) is 0 Å². The molecule has 0 spiro atoms. The van der Waals surface area contributed by atoms with Crippen molar-refractivity contribution < 1.29 is 29.7 Å². The van der Waals surface area contributed by atoms with Crippen LogP contribution in [0.2, 0.25) is 38.3 Å². The zero-order chi connectivity index (χ0) is 16.1. The minimum atomic E-state index is -2.60. The highest BCUT2D eigenvalue weighted by molar-refractivity contribution is 6.81. The first-order chi connectivity index (χ1) is 9.78. The molecule has 0 bridgehead atoms. The van der Waals surface area contributed by atoms with Crippen LogP contribution in [0, 0.1) is 0 Å². The summed E-state index contributed by atoms with van der Waals surface area (Å²) in [5.41, 5.74) is 0. The van der Waals surface area contributed by atoms with Crippen LogP contribution >= 0.6 is 0 Å². The smallest absolute Gasteiger partial charge is 0.420 e. The topological polar surface area (TPSA) is 64.6 Å². The Hall–Kier alpha value is 0.804. The van der Waals surface area contributed by atoms with Gasteiger partial charge in [-0.3, -0.25) is 0 Å². The monoisotopic (exact) mass is 388 g/mol. The average Bonchev–Trinajstić information content (AvgIpc) is 2.38. The molecule has 7 nitrogen and oxygen atoms in total. The van der Waals surface area contributed by atoms with Crippen molar-refractivity contribution in [2.75, 3.05) is 21.3 Å². The molecular formula is C9H28O7Si5. The van der Waals surface area contributed by atoms with E-state index in [0.29, 0.717) is 6.04 Å². The average molecular weight is 389 g/mol. The number of hydrogen-bond donors (Lipinski definition) is 0. The molecule has 0 N–H and O–H groups in total.